The topological polar surface area (TPSA) is 21.5 Å². The highest BCUT2D eigenvalue weighted by atomic mass is 16.5. The fourth-order valence-electron chi connectivity index (χ4n) is 3.04. The van der Waals surface area contributed by atoms with Gasteiger partial charge in [0.2, 0.25) is 0 Å². The molecule has 0 radical (unpaired) electrons. The van der Waals surface area contributed by atoms with E-state index >= 15 is 0 Å². The second-order valence-corrected chi connectivity index (χ2v) is 5.63. The molecule has 2 aromatic rings. The minimum Gasteiger partial charge on any atom is -0.490 e. The lowest BCUT2D eigenvalue weighted by molar-refractivity contribution is -0.520. The maximum atomic E-state index is 5.96. The van der Waals surface area contributed by atoms with Crippen LogP contribution in [0.25, 0.3) is 0 Å². The summed E-state index contributed by atoms with van der Waals surface area (Å²) in [6.07, 6.45) is 2.37. The summed E-state index contributed by atoms with van der Waals surface area (Å²) in [5.41, 5.74) is 2.77. The van der Waals surface area contributed by atoms with Gasteiger partial charge >= 0.3 is 0 Å². The van der Waals surface area contributed by atoms with Crippen LogP contribution in [0.2, 0.25) is 0 Å². The van der Waals surface area contributed by atoms with E-state index in [2.05, 4.69) is 34.9 Å². The molecular weight excluding hydrogens is 286 g/mol. The Labute approximate surface area is 138 Å². The minimum absolute atomic E-state index is 0.651. The predicted molar refractivity (Wildman–Crippen MR) is 92.9 cm³/mol. The molecule has 2 aromatic carbocycles. The van der Waals surface area contributed by atoms with Crippen molar-refractivity contribution in [3.8, 4) is 11.5 Å². The van der Waals surface area contributed by atoms with Gasteiger partial charge in [0.05, 0.1) is 6.61 Å². The molecule has 120 valence electrons. The molecule has 0 amide bonds. The highest BCUT2D eigenvalue weighted by Gasteiger charge is 2.23. The van der Waals surface area contributed by atoms with Crippen molar-refractivity contribution >= 4 is 5.71 Å². The van der Waals surface area contributed by atoms with E-state index < -0.39 is 0 Å². The molecular formula is C20H24NO2+. The van der Waals surface area contributed by atoms with Gasteiger partial charge in [-0.2, -0.15) is 0 Å². The van der Waals surface area contributed by atoms with Gasteiger partial charge in [0.15, 0.2) is 23.8 Å². The lowest BCUT2D eigenvalue weighted by Gasteiger charge is -2.11. The largest absolute Gasteiger partial charge is 0.490 e. The third-order valence-corrected chi connectivity index (χ3v) is 4.10. The second-order valence-electron chi connectivity index (χ2n) is 5.63. The number of rotatable bonds is 7. The summed E-state index contributed by atoms with van der Waals surface area (Å²) in [5, 5.41) is 0. The van der Waals surface area contributed by atoms with Gasteiger partial charge in [0.25, 0.3) is 0 Å². The Kier molecular flexibility index (Phi) is 5.30. The SMILES string of the molecule is CCOc1ccccc1OCC[N+]1=C(c2ccccc2)CCC1. The first-order valence-electron chi connectivity index (χ1n) is 8.39. The number of benzene rings is 2. The monoisotopic (exact) mass is 310 g/mol. The minimum atomic E-state index is 0.651. The van der Waals surface area contributed by atoms with Crippen LogP contribution in [0.4, 0.5) is 0 Å². The lowest BCUT2D eigenvalue weighted by Crippen LogP contribution is -2.22. The first-order chi connectivity index (χ1) is 11.4. The molecule has 0 bridgehead atoms. The quantitative estimate of drug-likeness (QED) is 0.726. The predicted octanol–water partition coefficient (Wildman–Crippen LogP) is 3.76. The summed E-state index contributed by atoms with van der Waals surface area (Å²) in [6.45, 7) is 5.33. The normalized spacial score (nSPS) is 14.1. The van der Waals surface area contributed by atoms with Gasteiger partial charge in [0, 0.05) is 18.4 Å². The zero-order valence-electron chi connectivity index (χ0n) is 13.7. The summed E-state index contributed by atoms with van der Waals surface area (Å²) in [5.74, 6) is 1.65. The van der Waals surface area contributed by atoms with Gasteiger partial charge in [0.1, 0.15) is 13.2 Å². The Bertz CT molecular complexity index is 664. The van der Waals surface area contributed by atoms with Crippen molar-refractivity contribution in [2.75, 3.05) is 26.3 Å². The first-order valence-corrected chi connectivity index (χ1v) is 8.39. The average Bonchev–Trinajstić information content (AvgIpc) is 3.06. The van der Waals surface area contributed by atoms with Crippen molar-refractivity contribution in [3.05, 3.63) is 60.2 Å². The molecule has 1 aliphatic heterocycles. The van der Waals surface area contributed by atoms with Crippen LogP contribution >= 0.6 is 0 Å². The maximum absolute atomic E-state index is 5.96. The van der Waals surface area contributed by atoms with Crippen LogP contribution in [-0.4, -0.2) is 36.6 Å². The molecule has 0 aliphatic carbocycles. The Balaban J connectivity index is 1.64. The van der Waals surface area contributed by atoms with E-state index in [0.717, 1.165) is 31.0 Å². The first kappa shape index (κ1) is 15.6. The van der Waals surface area contributed by atoms with Crippen LogP contribution in [-0.2, 0) is 0 Å². The Hall–Kier alpha value is -2.29. The Morgan fingerprint density at radius 2 is 1.61 bits per heavy atom. The summed E-state index contributed by atoms with van der Waals surface area (Å²) in [4.78, 5) is 0. The maximum Gasteiger partial charge on any atom is 0.183 e. The van der Waals surface area contributed by atoms with Gasteiger partial charge in [-0.25, -0.2) is 4.58 Å². The molecule has 23 heavy (non-hydrogen) atoms. The molecule has 3 heteroatoms. The van der Waals surface area contributed by atoms with Gasteiger partial charge in [-0.1, -0.05) is 30.3 Å². The molecule has 0 N–H and O–H groups in total. The van der Waals surface area contributed by atoms with Crippen molar-refractivity contribution < 1.29 is 14.0 Å². The van der Waals surface area contributed by atoms with E-state index in [1.165, 1.54) is 17.7 Å². The van der Waals surface area contributed by atoms with Crippen molar-refractivity contribution in [2.24, 2.45) is 0 Å². The van der Waals surface area contributed by atoms with Crippen LogP contribution in [0.15, 0.2) is 54.6 Å². The summed E-state index contributed by atoms with van der Waals surface area (Å²) >= 11 is 0. The third-order valence-electron chi connectivity index (χ3n) is 4.10. The van der Waals surface area contributed by atoms with Gasteiger partial charge in [-0.15, -0.1) is 0 Å². The highest BCUT2D eigenvalue weighted by Crippen LogP contribution is 2.26. The molecule has 1 heterocycles. The molecule has 1 aliphatic rings. The van der Waals surface area contributed by atoms with Gasteiger partial charge in [-0.05, 0) is 31.2 Å². The van der Waals surface area contributed by atoms with Crippen LogP contribution in [0.1, 0.15) is 25.3 Å². The van der Waals surface area contributed by atoms with Crippen LogP contribution in [0.3, 0.4) is 0 Å². The standard InChI is InChI=1S/C20H24NO2/c1-2-22-19-12-6-7-13-20(19)23-16-15-21-14-8-11-18(21)17-9-4-3-5-10-17/h3-7,9-10,12-13H,2,8,11,14-16H2,1H3/q+1. The zero-order chi connectivity index (χ0) is 15.9. The average molecular weight is 310 g/mol. The lowest BCUT2D eigenvalue weighted by atomic mass is 10.1. The smallest absolute Gasteiger partial charge is 0.183 e. The molecule has 0 saturated carbocycles. The highest BCUT2D eigenvalue weighted by molar-refractivity contribution is 5.97. The van der Waals surface area contributed by atoms with E-state index in [9.17, 15) is 0 Å². The van der Waals surface area contributed by atoms with Crippen molar-refractivity contribution in [2.45, 2.75) is 19.8 Å². The molecule has 0 unspecified atom stereocenters. The van der Waals surface area contributed by atoms with Crippen molar-refractivity contribution in [3.63, 3.8) is 0 Å². The van der Waals surface area contributed by atoms with Crippen LogP contribution < -0.4 is 9.47 Å². The zero-order valence-corrected chi connectivity index (χ0v) is 13.7. The van der Waals surface area contributed by atoms with Crippen LogP contribution in [0.5, 0.6) is 11.5 Å². The number of para-hydroxylation sites is 2. The van der Waals surface area contributed by atoms with Crippen LogP contribution in [0, 0.1) is 0 Å². The fraction of sp³-hybridized carbons (Fsp3) is 0.350. The summed E-state index contributed by atoms with van der Waals surface area (Å²) in [6, 6.07) is 18.5. The summed E-state index contributed by atoms with van der Waals surface area (Å²) in [7, 11) is 0. The van der Waals surface area contributed by atoms with E-state index in [1.54, 1.807) is 0 Å². The van der Waals surface area contributed by atoms with Gasteiger partial charge < -0.3 is 9.47 Å². The molecule has 0 saturated heterocycles. The van der Waals surface area contributed by atoms with E-state index in [-0.39, 0.29) is 0 Å². The molecule has 3 rings (SSSR count). The van der Waals surface area contributed by atoms with E-state index in [0.29, 0.717) is 13.2 Å². The number of hydrogen-bond donors (Lipinski definition) is 0. The molecule has 0 spiro atoms. The third kappa shape index (κ3) is 3.92. The number of hydrogen-bond acceptors (Lipinski definition) is 2. The van der Waals surface area contributed by atoms with E-state index in [1.807, 2.05) is 31.2 Å². The molecule has 0 fully saturated rings. The second kappa shape index (κ2) is 7.82. The summed E-state index contributed by atoms with van der Waals surface area (Å²) < 4.78 is 14.0. The van der Waals surface area contributed by atoms with Crippen molar-refractivity contribution in [1.82, 2.24) is 0 Å². The Morgan fingerprint density at radius 1 is 0.913 bits per heavy atom. The molecule has 0 atom stereocenters. The van der Waals surface area contributed by atoms with Gasteiger partial charge in [-0.3, -0.25) is 0 Å². The molecule has 0 aromatic heterocycles. The Morgan fingerprint density at radius 3 is 2.35 bits per heavy atom. The van der Waals surface area contributed by atoms with Crippen molar-refractivity contribution in [1.29, 1.82) is 0 Å². The number of nitrogens with zero attached hydrogens (tertiary/aromatic N) is 1. The fourth-order valence-corrected chi connectivity index (χ4v) is 3.04. The number of ether oxygens (including phenoxy) is 2. The van der Waals surface area contributed by atoms with E-state index in [4.69, 9.17) is 9.47 Å². The molecule has 3 nitrogen and oxygen atoms in total.